The molecule has 4 aromatic rings. The third-order valence-electron chi connectivity index (χ3n) is 6.75. The molecule has 2 aromatic carbocycles. The predicted octanol–water partition coefficient (Wildman–Crippen LogP) is 4.75. The van der Waals surface area contributed by atoms with E-state index in [2.05, 4.69) is 32.6 Å². The Kier molecular flexibility index (Phi) is 6.96. The smallest absolute Gasteiger partial charge is 0.229 e. The fourth-order valence-corrected chi connectivity index (χ4v) is 6.06. The summed E-state index contributed by atoms with van der Waals surface area (Å²) in [5.41, 5.74) is 5.93. The first-order chi connectivity index (χ1) is 18.6. The van der Waals surface area contributed by atoms with Gasteiger partial charge in [0, 0.05) is 35.0 Å². The number of sulfonamides is 1. The van der Waals surface area contributed by atoms with Gasteiger partial charge in [-0.2, -0.15) is 0 Å². The van der Waals surface area contributed by atoms with Crippen LogP contribution in [0.5, 0.6) is 11.5 Å². The molecule has 1 fully saturated rings. The Morgan fingerprint density at radius 2 is 1.77 bits per heavy atom. The fourth-order valence-electron chi connectivity index (χ4n) is 5.15. The van der Waals surface area contributed by atoms with Crippen molar-refractivity contribution in [2.75, 3.05) is 23.0 Å². The molecule has 0 saturated carbocycles. The summed E-state index contributed by atoms with van der Waals surface area (Å²) in [6.07, 6.45) is 2.85. The number of pyridine rings is 1. The van der Waals surface area contributed by atoms with Gasteiger partial charge in [0.1, 0.15) is 11.5 Å². The van der Waals surface area contributed by atoms with Crippen molar-refractivity contribution in [2.24, 2.45) is 0 Å². The van der Waals surface area contributed by atoms with E-state index < -0.39 is 10.0 Å². The lowest BCUT2D eigenvalue weighted by Crippen LogP contribution is -2.29. The number of hydrogen-bond donors (Lipinski definition) is 3. The standard InChI is InChI=1S/C28H29N5O4S2/c1-17-15-22(18(2)32(17)19-8-11-21(34)12-9-19)27-26(24-7-5-6-14-29-24)30-28(38)33(27)20-10-13-23(25(16-20)37-3)31-39(4,35)36/h5-16,26-27,31,34H,1-4H3,(H,30,38)/t26-,27-/m1/s1. The van der Waals surface area contributed by atoms with Crippen LogP contribution in [0.25, 0.3) is 5.69 Å². The summed E-state index contributed by atoms with van der Waals surface area (Å²) in [6.45, 7) is 4.10. The van der Waals surface area contributed by atoms with E-state index in [1.54, 1.807) is 30.5 Å². The molecule has 9 nitrogen and oxygen atoms in total. The second-order valence-electron chi connectivity index (χ2n) is 9.43. The largest absolute Gasteiger partial charge is 0.508 e. The molecular formula is C28H29N5O4S2. The quantitative estimate of drug-likeness (QED) is 0.277. The van der Waals surface area contributed by atoms with Crippen LogP contribution in [0.1, 0.15) is 34.7 Å². The van der Waals surface area contributed by atoms with E-state index in [-0.39, 0.29) is 17.8 Å². The average Bonchev–Trinajstić information content (AvgIpc) is 3.39. The molecule has 202 valence electrons. The van der Waals surface area contributed by atoms with Crippen LogP contribution in [0, 0.1) is 13.8 Å². The SMILES string of the molecule is COc1cc(N2C(=S)N[C@H](c3ccccn3)[C@H]2c2cc(C)n(-c3ccc(O)cc3)c2C)ccc1NS(C)(=O)=O. The molecule has 1 aliphatic rings. The number of nitrogens with zero attached hydrogens (tertiary/aromatic N) is 3. The van der Waals surface area contributed by atoms with Gasteiger partial charge in [0.2, 0.25) is 10.0 Å². The zero-order valence-corrected chi connectivity index (χ0v) is 23.5. The number of phenols is 1. The number of aryl methyl sites for hydroxylation is 1. The second kappa shape index (κ2) is 10.2. The molecule has 0 amide bonds. The Balaban J connectivity index is 1.66. The van der Waals surface area contributed by atoms with Gasteiger partial charge in [0.15, 0.2) is 5.11 Å². The van der Waals surface area contributed by atoms with Gasteiger partial charge in [0.25, 0.3) is 0 Å². The minimum absolute atomic E-state index is 0.205. The molecule has 1 aliphatic heterocycles. The maximum Gasteiger partial charge on any atom is 0.229 e. The van der Waals surface area contributed by atoms with Gasteiger partial charge < -0.3 is 24.6 Å². The van der Waals surface area contributed by atoms with Crippen molar-refractivity contribution in [3.63, 3.8) is 0 Å². The van der Waals surface area contributed by atoms with E-state index in [1.807, 2.05) is 48.2 Å². The molecule has 0 radical (unpaired) electrons. The van der Waals surface area contributed by atoms with Gasteiger partial charge in [-0.1, -0.05) is 6.07 Å². The monoisotopic (exact) mass is 563 g/mol. The first-order valence-corrected chi connectivity index (χ1v) is 14.5. The summed E-state index contributed by atoms with van der Waals surface area (Å²) >= 11 is 5.87. The Hall–Kier alpha value is -4.09. The zero-order chi connectivity index (χ0) is 27.9. The highest BCUT2D eigenvalue weighted by atomic mass is 32.2. The van der Waals surface area contributed by atoms with Crippen molar-refractivity contribution >= 4 is 38.7 Å². The summed E-state index contributed by atoms with van der Waals surface area (Å²) in [4.78, 5) is 6.65. The van der Waals surface area contributed by atoms with Gasteiger partial charge in [-0.25, -0.2) is 8.42 Å². The highest BCUT2D eigenvalue weighted by molar-refractivity contribution is 7.92. The number of ether oxygens (including phenoxy) is 1. The van der Waals surface area contributed by atoms with E-state index in [0.29, 0.717) is 16.5 Å². The first-order valence-electron chi connectivity index (χ1n) is 12.2. The molecule has 3 N–H and O–H groups in total. The van der Waals surface area contributed by atoms with E-state index in [0.717, 1.165) is 40.3 Å². The Morgan fingerprint density at radius 3 is 2.41 bits per heavy atom. The van der Waals surface area contributed by atoms with Crippen molar-refractivity contribution in [3.05, 3.63) is 95.6 Å². The lowest BCUT2D eigenvalue weighted by atomic mass is 9.96. The van der Waals surface area contributed by atoms with Crippen LogP contribution >= 0.6 is 12.2 Å². The van der Waals surface area contributed by atoms with E-state index >= 15 is 0 Å². The number of phenolic OH excluding ortho intramolecular Hbond substituents is 1. The van der Waals surface area contributed by atoms with Crippen LogP contribution in [0.3, 0.4) is 0 Å². The van der Waals surface area contributed by atoms with Crippen LogP contribution < -0.4 is 19.7 Å². The molecule has 11 heteroatoms. The third-order valence-corrected chi connectivity index (χ3v) is 7.66. The van der Waals surface area contributed by atoms with E-state index in [1.165, 1.54) is 7.11 Å². The van der Waals surface area contributed by atoms with Crippen LogP contribution in [0.4, 0.5) is 11.4 Å². The number of anilines is 2. The van der Waals surface area contributed by atoms with E-state index in [4.69, 9.17) is 17.0 Å². The number of rotatable bonds is 7. The van der Waals surface area contributed by atoms with Gasteiger partial charge in [-0.05, 0) is 86.2 Å². The third kappa shape index (κ3) is 5.15. The van der Waals surface area contributed by atoms with E-state index in [9.17, 15) is 13.5 Å². The zero-order valence-electron chi connectivity index (χ0n) is 21.9. The minimum Gasteiger partial charge on any atom is -0.508 e. The molecule has 0 unspecified atom stereocenters. The minimum atomic E-state index is -3.50. The summed E-state index contributed by atoms with van der Waals surface area (Å²) in [5.74, 6) is 0.575. The van der Waals surface area contributed by atoms with Crippen molar-refractivity contribution in [2.45, 2.75) is 25.9 Å². The maximum atomic E-state index is 11.9. The molecule has 0 aliphatic carbocycles. The number of aromatic nitrogens is 2. The lowest BCUT2D eigenvalue weighted by Gasteiger charge is -2.29. The number of nitrogens with one attached hydrogen (secondary N) is 2. The van der Waals surface area contributed by atoms with Gasteiger partial charge in [-0.3, -0.25) is 9.71 Å². The molecule has 3 heterocycles. The van der Waals surface area contributed by atoms with Crippen LogP contribution in [-0.4, -0.2) is 41.6 Å². The van der Waals surface area contributed by atoms with Crippen molar-refractivity contribution in [1.29, 1.82) is 0 Å². The lowest BCUT2D eigenvalue weighted by molar-refractivity contribution is 0.417. The number of benzene rings is 2. The highest BCUT2D eigenvalue weighted by Crippen LogP contribution is 2.45. The molecule has 2 atom stereocenters. The normalized spacial score (nSPS) is 17.2. The maximum absolute atomic E-state index is 11.9. The van der Waals surface area contributed by atoms with Crippen molar-refractivity contribution in [3.8, 4) is 17.2 Å². The summed E-state index contributed by atoms with van der Waals surface area (Å²) < 4.78 is 33.9. The fraction of sp³-hybridized carbons (Fsp3) is 0.214. The molecular weight excluding hydrogens is 534 g/mol. The molecule has 2 aromatic heterocycles. The van der Waals surface area contributed by atoms with Gasteiger partial charge in [-0.15, -0.1) is 0 Å². The second-order valence-corrected chi connectivity index (χ2v) is 11.6. The summed E-state index contributed by atoms with van der Waals surface area (Å²) in [7, 11) is -2.00. The first kappa shape index (κ1) is 26.5. The number of aromatic hydroxyl groups is 1. The predicted molar refractivity (Wildman–Crippen MR) is 156 cm³/mol. The van der Waals surface area contributed by atoms with Crippen LogP contribution in [0.15, 0.2) is 72.9 Å². The molecule has 0 bridgehead atoms. The van der Waals surface area contributed by atoms with Crippen molar-refractivity contribution < 1.29 is 18.3 Å². The Bertz CT molecular complexity index is 1640. The van der Waals surface area contributed by atoms with Crippen molar-refractivity contribution in [1.82, 2.24) is 14.9 Å². The number of thiocarbonyl (C=S) groups is 1. The highest BCUT2D eigenvalue weighted by Gasteiger charge is 2.42. The Labute approximate surface area is 233 Å². The summed E-state index contributed by atoms with van der Waals surface area (Å²) in [5, 5.41) is 13.8. The topological polar surface area (TPSA) is 109 Å². The summed E-state index contributed by atoms with van der Waals surface area (Å²) in [6, 6.07) is 19.7. The molecule has 1 saturated heterocycles. The number of hydrogen-bond acceptors (Lipinski definition) is 6. The Morgan fingerprint density at radius 1 is 1.05 bits per heavy atom. The van der Waals surface area contributed by atoms with Crippen LogP contribution in [-0.2, 0) is 10.0 Å². The average molecular weight is 564 g/mol. The number of methoxy groups -OCH3 is 1. The molecule has 5 rings (SSSR count). The molecule has 39 heavy (non-hydrogen) atoms. The van der Waals surface area contributed by atoms with Gasteiger partial charge in [0.05, 0.1) is 36.8 Å². The molecule has 0 spiro atoms. The van der Waals surface area contributed by atoms with Gasteiger partial charge >= 0.3 is 0 Å². The van der Waals surface area contributed by atoms with Crippen LogP contribution in [0.2, 0.25) is 0 Å².